The molecule has 0 saturated carbocycles. The lowest BCUT2D eigenvalue weighted by molar-refractivity contribution is -0.114. The molecule has 1 N–H and O–H groups in total. The molecule has 9 heteroatoms. The lowest BCUT2D eigenvalue weighted by atomic mass is 10.1. The van der Waals surface area contributed by atoms with Crippen LogP contribution in [0, 0.1) is 11.3 Å². The molecule has 0 aromatic heterocycles. The van der Waals surface area contributed by atoms with Crippen LogP contribution >= 0.6 is 23.2 Å². The lowest BCUT2D eigenvalue weighted by Crippen LogP contribution is -2.37. The maximum Gasteiger partial charge on any atom is 0.245 e. The van der Waals surface area contributed by atoms with E-state index in [1.54, 1.807) is 24.3 Å². The Balaban J connectivity index is 2.16. The summed E-state index contributed by atoms with van der Waals surface area (Å²) < 4.78 is 25.1. The first kappa shape index (κ1) is 20.0. The van der Waals surface area contributed by atoms with E-state index in [2.05, 4.69) is 5.32 Å². The molecule has 0 radical (unpaired) electrons. The van der Waals surface area contributed by atoms with Crippen LogP contribution in [0.4, 0.5) is 11.4 Å². The molecule has 0 saturated heterocycles. The SMILES string of the molecule is CS(=O)(=O)N(CC(=O)Nc1ccc(CC#N)cc1)c1ccc(Cl)c(Cl)c1. The summed E-state index contributed by atoms with van der Waals surface area (Å²) in [7, 11) is -3.71. The number of anilines is 2. The summed E-state index contributed by atoms with van der Waals surface area (Å²) in [6.07, 6.45) is 1.27. The number of nitrogens with zero attached hydrogens (tertiary/aromatic N) is 2. The molecule has 6 nitrogen and oxygen atoms in total. The van der Waals surface area contributed by atoms with E-state index < -0.39 is 22.5 Å². The molecule has 0 spiro atoms. The molecule has 2 aromatic rings. The molecule has 0 heterocycles. The van der Waals surface area contributed by atoms with Gasteiger partial charge < -0.3 is 5.32 Å². The highest BCUT2D eigenvalue weighted by molar-refractivity contribution is 7.92. The molecule has 2 aromatic carbocycles. The first-order valence-corrected chi connectivity index (χ1v) is 9.99. The largest absolute Gasteiger partial charge is 0.325 e. The number of rotatable bonds is 6. The van der Waals surface area contributed by atoms with E-state index >= 15 is 0 Å². The van der Waals surface area contributed by atoms with Crippen molar-refractivity contribution in [3.05, 3.63) is 58.1 Å². The smallest absolute Gasteiger partial charge is 0.245 e. The number of hydrogen-bond donors (Lipinski definition) is 1. The summed E-state index contributed by atoms with van der Waals surface area (Å²) in [5.41, 5.74) is 1.56. The van der Waals surface area contributed by atoms with E-state index in [0.717, 1.165) is 16.1 Å². The Hall–Kier alpha value is -2.27. The highest BCUT2D eigenvalue weighted by atomic mass is 35.5. The number of halogens is 2. The standard InChI is InChI=1S/C17H15Cl2N3O3S/c1-26(24,25)22(14-6-7-15(18)16(19)10-14)11-17(23)21-13-4-2-12(3-5-13)8-9-20/h2-7,10H,8,11H2,1H3,(H,21,23). The third-order valence-electron chi connectivity index (χ3n) is 3.40. The number of sulfonamides is 1. The van der Waals surface area contributed by atoms with E-state index in [0.29, 0.717) is 5.69 Å². The van der Waals surface area contributed by atoms with Crippen LogP contribution in [0.1, 0.15) is 5.56 Å². The Morgan fingerprint density at radius 2 is 1.81 bits per heavy atom. The second kappa shape index (κ2) is 8.41. The van der Waals surface area contributed by atoms with Crippen LogP contribution in [-0.4, -0.2) is 27.1 Å². The molecule has 0 bridgehead atoms. The van der Waals surface area contributed by atoms with Gasteiger partial charge in [0.2, 0.25) is 15.9 Å². The number of carbonyl (C=O) groups excluding carboxylic acids is 1. The summed E-state index contributed by atoms with van der Waals surface area (Å²) in [5, 5.41) is 11.7. The zero-order valence-corrected chi connectivity index (χ0v) is 16.1. The topological polar surface area (TPSA) is 90.3 Å². The third-order valence-corrected chi connectivity index (χ3v) is 5.28. The Morgan fingerprint density at radius 1 is 1.15 bits per heavy atom. The first-order valence-electron chi connectivity index (χ1n) is 7.39. The maximum atomic E-state index is 12.3. The minimum Gasteiger partial charge on any atom is -0.325 e. The monoisotopic (exact) mass is 411 g/mol. The summed E-state index contributed by atoms with van der Waals surface area (Å²) in [6.45, 7) is -0.420. The zero-order chi connectivity index (χ0) is 19.3. The van der Waals surface area contributed by atoms with Crippen molar-refractivity contribution in [2.24, 2.45) is 0 Å². The lowest BCUT2D eigenvalue weighted by Gasteiger charge is -2.22. The molecule has 0 fully saturated rings. The summed E-state index contributed by atoms with van der Waals surface area (Å²) >= 11 is 11.8. The van der Waals surface area contributed by atoms with Crippen molar-refractivity contribution in [2.75, 3.05) is 22.4 Å². The Morgan fingerprint density at radius 3 is 2.35 bits per heavy atom. The van der Waals surface area contributed by atoms with Gasteiger partial charge >= 0.3 is 0 Å². The number of nitriles is 1. The van der Waals surface area contributed by atoms with Crippen LogP contribution in [0.3, 0.4) is 0 Å². The average Bonchev–Trinajstić information content (AvgIpc) is 2.56. The van der Waals surface area contributed by atoms with Gasteiger partial charge in [0.05, 0.1) is 34.5 Å². The third kappa shape index (κ3) is 5.36. The number of hydrogen-bond acceptors (Lipinski definition) is 4. The Bertz CT molecular complexity index is 954. The zero-order valence-electron chi connectivity index (χ0n) is 13.7. The van der Waals surface area contributed by atoms with Gasteiger partial charge in [-0.3, -0.25) is 9.10 Å². The summed E-state index contributed by atoms with van der Waals surface area (Å²) in [5.74, 6) is -0.519. The number of benzene rings is 2. The minimum atomic E-state index is -3.71. The quantitative estimate of drug-likeness (QED) is 0.787. The van der Waals surface area contributed by atoms with Crippen molar-refractivity contribution >= 4 is 50.5 Å². The summed E-state index contributed by atoms with van der Waals surface area (Å²) in [6, 6.07) is 13.1. The van der Waals surface area contributed by atoms with Crippen LogP contribution in [0.25, 0.3) is 0 Å². The van der Waals surface area contributed by atoms with Crippen molar-refractivity contribution < 1.29 is 13.2 Å². The maximum absolute atomic E-state index is 12.3. The molecular weight excluding hydrogens is 397 g/mol. The highest BCUT2D eigenvalue weighted by Gasteiger charge is 2.21. The molecule has 0 atom stereocenters. The molecular formula is C17H15Cl2N3O3S. The van der Waals surface area contributed by atoms with Gasteiger partial charge in [0.15, 0.2) is 0 Å². The second-order valence-corrected chi connectivity index (χ2v) is 8.17. The summed E-state index contributed by atoms with van der Waals surface area (Å²) in [4.78, 5) is 12.3. The van der Waals surface area contributed by atoms with Crippen molar-refractivity contribution in [1.82, 2.24) is 0 Å². The van der Waals surface area contributed by atoms with Gasteiger partial charge in [-0.1, -0.05) is 35.3 Å². The van der Waals surface area contributed by atoms with E-state index in [-0.39, 0.29) is 22.2 Å². The van der Waals surface area contributed by atoms with Crippen LogP contribution in [0.2, 0.25) is 10.0 Å². The molecule has 1 amide bonds. The molecule has 26 heavy (non-hydrogen) atoms. The molecule has 0 aliphatic rings. The van der Waals surface area contributed by atoms with E-state index in [1.807, 2.05) is 6.07 Å². The molecule has 0 aliphatic carbocycles. The number of amides is 1. The molecule has 136 valence electrons. The molecule has 0 unspecified atom stereocenters. The molecule has 2 rings (SSSR count). The van der Waals surface area contributed by atoms with E-state index in [9.17, 15) is 13.2 Å². The van der Waals surface area contributed by atoms with Gasteiger partial charge in [-0.05, 0) is 35.9 Å². The van der Waals surface area contributed by atoms with Crippen LogP contribution in [-0.2, 0) is 21.2 Å². The van der Waals surface area contributed by atoms with Crippen molar-refractivity contribution in [3.8, 4) is 6.07 Å². The normalized spacial score (nSPS) is 10.8. The van der Waals surface area contributed by atoms with Crippen molar-refractivity contribution in [3.63, 3.8) is 0 Å². The fraction of sp³-hybridized carbons (Fsp3) is 0.176. The van der Waals surface area contributed by atoms with E-state index in [4.69, 9.17) is 28.5 Å². The Labute approximate surface area is 162 Å². The van der Waals surface area contributed by atoms with Gasteiger partial charge in [0.25, 0.3) is 0 Å². The predicted octanol–water partition coefficient (Wildman–Crippen LogP) is 3.46. The second-order valence-electron chi connectivity index (χ2n) is 5.45. The fourth-order valence-electron chi connectivity index (χ4n) is 2.17. The van der Waals surface area contributed by atoms with Crippen LogP contribution in [0.5, 0.6) is 0 Å². The first-order chi connectivity index (χ1) is 12.2. The molecule has 0 aliphatic heterocycles. The van der Waals surface area contributed by atoms with E-state index in [1.165, 1.54) is 18.2 Å². The number of nitrogens with one attached hydrogen (secondary N) is 1. The highest BCUT2D eigenvalue weighted by Crippen LogP contribution is 2.28. The predicted molar refractivity (Wildman–Crippen MR) is 103 cm³/mol. The van der Waals surface area contributed by atoms with Gasteiger partial charge in [0, 0.05) is 5.69 Å². The van der Waals surface area contributed by atoms with Gasteiger partial charge in [-0.25, -0.2) is 8.42 Å². The van der Waals surface area contributed by atoms with Crippen LogP contribution < -0.4 is 9.62 Å². The van der Waals surface area contributed by atoms with Gasteiger partial charge in [-0.15, -0.1) is 0 Å². The Kier molecular flexibility index (Phi) is 6.48. The average molecular weight is 412 g/mol. The van der Waals surface area contributed by atoms with Gasteiger partial charge in [0.1, 0.15) is 6.54 Å². The van der Waals surface area contributed by atoms with Crippen molar-refractivity contribution in [1.29, 1.82) is 5.26 Å². The van der Waals surface area contributed by atoms with Crippen molar-refractivity contribution in [2.45, 2.75) is 6.42 Å². The van der Waals surface area contributed by atoms with Gasteiger partial charge in [-0.2, -0.15) is 5.26 Å². The number of carbonyl (C=O) groups is 1. The minimum absolute atomic E-state index is 0.186. The van der Waals surface area contributed by atoms with Crippen LogP contribution in [0.15, 0.2) is 42.5 Å². The fourth-order valence-corrected chi connectivity index (χ4v) is 3.31.